The van der Waals surface area contributed by atoms with Crippen LogP contribution in [0.1, 0.15) is 59.2 Å². The molecule has 1 amide bonds. The van der Waals surface area contributed by atoms with Gasteiger partial charge in [0.25, 0.3) is 11.5 Å². The molecule has 0 atom stereocenters. The highest BCUT2D eigenvalue weighted by atomic mass is 16.3. The maximum atomic E-state index is 14.0. The molecule has 3 N–H and O–H groups in total. The van der Waals surface area contributed by atoms with Crippen LogP contribution in [0.5, 0.6) is 5.75 Å². The molecule has 0 unspecified atom stereocenters. The molecular weight excluding hydrogens is 464 g/mol. The van der Waals surface area contributed by atoms with Crippen molar-refractivity contribution in [2.75, 3.05) is 0 Å². The van der Waals surface area contributed by atoms with E-state index in [1.54, 1.807) is 16.8 Å². The average Bonchev–Trinajstić information content (AvgIpc) is 3.27. The number of rotatable bonds is 10. The van der Waals surface area contributed by atoms with Crippen molar-refractivity contribution in [2.45, 2.75) is 59.4 Å². The summed E-state index contributed by atoms with van der Waals surface area (Å²) in [5, 5.41) is 9.65. The van der Waals surface area contributed by atoms with E-state index in [2.05, 4.69) is 11.5 Å². The van der Waals surface area contributed by atoms with Gasteiger partial charge >= 0.3 is 0 Å². The summed E-state index contributed by atoms with van der Waals surface area (Å²) in [6.07, 6.45) is 4.53. The summed E-state index contributed by atoms with van der Waals surface area (Å²) in [6.45, 7) is 6.62. The van der Waals surface area contributed by atoms with Gasteiger partial charge in [0.2, 0.25) is 0 Å². The second-order valence-electron chi connectivity index (χ2n) is 9.61. The summed E-state index contributed by atoms with van der Waals surface area (Å²) in [5.41, 5.74) is 11.8. The van der Waals surface area contributed by atoms with Gasteiger partial charge in [0, 0.05) is 36.2 Å². The number of hydrogen-bond donors (Lipinski definition) is 2. The van der Waals surface area contributed by atoms with Gasteiger partial charge in [0.1, 0.15) is 5.75 Å². The van der Waals surface area contributed by atoms with Gasteiger partial charge in [-0.2, -0.15) is 0 Å². The van der Waals surface area contributed by atoms with E-state index in [9.17, 15) is 14.7 Å². The molecule has 0 aliphatic heterocycles. The number of phenolic OH excluding ortho intramolecular Hbond substituents is 1. The van der Waals surface area contributed by atoms with E-state index in [4.69, 9.17) is 5.73 Å². The normalized spacial score (nSPS) is 11.2. The Kier molecular flexibility index (Phi) is 7.71. The quantitative estimate of drug-likeness (QED) is 0.299. The first-order valence-electron chi connectivity index (χ1n) is 12.9. The summed E-state index contributed by atoms with van der Waals surface area (Å²) in [6, 6.07) is 16.7. The Labute approximate surface area is 217 Å². The number of para-hydroxylation sites is 1. The Morgan fingerprint density at radius 3 is 2.22 bits per heavy atom. The number of amides is 1. The Morgan fingerprint density at radius 1 is 0.919 bits per heavy atom. The third-order valence-electron chi connectivity index (χ3n) is 7.26. The lowest BCUT2D eigenvalue weighted by Crippen LogP contribution is -2.21. The summed E-state index contributed by atoms with van der Waals surface area (Å²) in [7, 11) is 1.86. The molecule has 0 aliphatic carbocycles. The maximum absolute atomic E-state index is 14.0. The van der Waals surface area contributed by atoms with E-state index in [0.717, 1.165) is 60.4 Å². The largest absolute Gasteiger partial charge is 0.508 e. The van der Waals surface area contributed by atoms with Gasteiger partial charge in [-0.1, -0.05) is 50.1 Å². The number of nitrogens with two attached hydrogens (primary N) is 1. The first kappa shape index (κ1) is 26.1. The third kappa shape index (κ3) is 4.99. The van der Waals surface area contributed by atoms with Crippen LogP contribution < -0.4 is 11.3 Å². The Balaban J connectivity index is 1.92. The van der Waals surface area contributed by atoms with Crippen LogP contribution in [0, 0.1) is 13.8 Å². The monoisotopic (exact) mass is 500 g/mol. The number of unbranched alkanes of at least 4 members (excludes halogenated alkanes) is 2. The average molecular weight is 501 g/mol. The fourth-order valence-electron chi connectivity index (χ4n) is 5.23. The number of benzene rings is 2. The lowest BCUT2D eigenvalue weighted by atomic mass is 9.97. The molecular formula is C30H36N4O3. The number of aromatic nitrogens is 3. The first-order chi connectivity index (χ1) is 17.8. The zero-order valence-corrected chi connectivity index (χ0v) is 22.1. The van der Waals surface area contributed by atoms with E-state index in [-0.39, 0.29) is 11.3 Å². The Morgan fingerprint density at radius 2 is 1.59 bits per heavy atom. The zero-order valence-electron chi connectivity index (χ0n) is 22.1. The summed E-state index contributed by atoms with van der Waals surface area (Å²) in [5.74, 6) is -0.296. The highest BCUT2D eigenvalue weighted by molar-refractivity contribution is 6.02. The van der Waals surface area contributed by atoms with Crippen LogP contribution in [0.25, 0.3) is 16.8 Å². The minimum absolute atomic E-state index is 0.166. The molecule has 4 rings (SSSR count). The van der Waals surface area contributed by atoms with Crippen molar-refractivity contribution < 1.29 is 9.90 Å². The van der Waals surface area contributed by atoms with Crippen molar-refractivity contribution in [3.05, 3.63) is 93.2 Å². The van der Waals surface area contributed by atoms with E-state index < -0.39 is 5.91 Å². The van der Waals surface area contributed by atoms with Gasteiger partial charge in [-0.25, -0.2) is 4.68 Å². The van der Waals surface area contributed by atoms with Crippen molar-refractivity contribution in [1.82, 2.24) is 13.9 Å². The number of phenols is 1. The van der Waals surface area contributed by atoms with Crippen LogP contribution in [0.4, 0.5) is 0 Å². The van der Waals surface area contributed by atoms with E-state index in [0.29, 0.717) is 23.2 Å². The molecule has 0 saturated heterocycles. The standard InChI is InChI=1S/C30H36N4O3/c1-5-6-8-13-25-28(27-20(2)32(4)34(30(27)37)23-11-9-7-10-12-23)26(29(31)36)21(3)33(25)19-18-22-14-16-24(35)17-15-22/h7,9-12,14-17,35H,5-6,8,13,18-19H2,1-4H3,(H2,31,36). The van der Waals surface area contributed by atoms with Gasteiger partial charge in [0.05, 0.1) is 16.8 Å². The lowest BCUT2D eigenvalue weighted by Gasteiger charge is -2.13. The fraction of sp³-hybridized carbons (Fsp3) is 0.333. The van der Waals surface area contributed by atoms with Crippen molar-refractivity contribution >= 4 is 5.91 Å². The molecule has 2 aromatic carbocycles. The molecule has 7 nitrogen and oxygen atoms in total. The van der Waals surface area contributed by atoms with Crippen LogP contribution in [-0.2, 0) is 26.4 Å². The number of aromatic hydroxyl groups is 1. The van der Waals surface area contributed by atoms with Gasteiger partial charge in [0.15, 0.2) is 0 Å². The topological polar surface area (TPSA) is 95.2 Å². The number of carbonyl (C=O) groups excluding carboxylic acids is 1. The molecule has 2 aromatic heterocycles. The first-order valence-corrected chi connectivity index (χ1v) is 12.9. The van der Waals surface area contributed by atoms with Crippen molar-refractivity contribution in [3.63, 3.8) is 0 Å². The number of carbonyl (C=O) groups is 1. The van der Waals surface area contributed by atoms with Crippen LogP contribution in [-0.4, -0.2) is 24.9 Å². The Bertz CT molecular complexity index is 1460. The van der Waals surface area contributed by atoms with Gasteiger partial charge in [-0.05, 0) is 62.9 Å². The van der Waals surface area contributed by atoms with Crippen LogP contribution in [0.3, 0.4) is 0 Å². The smallest absolute Gasteiger partial charge is 0.279 e. The van der Waals surface area contributed by atoms with Crippen molar-refractivity contribution in [2.24, 2.45) is 12.8 Å². The summed E-state index contributed by atoms with van der Waals surface area (Å²) < 4.78 is 5.65. The zero-order chi connectivity index (χ0) is 26.7. The second kappa shape index (κ2) is 10.9. The summed E-state index contributed by atoms with van der Waals surface area (Å²) in [4.78, 5) is 26.8. The van der Waals surface area contributed by atoms with Crippen molar-refractivity contribution in [1.29, 1.82) is 0 Å². The highest BCUT2D eigenvalue weighted by Crippen LogP contribution is 2.35. The second-order valence-corrected chi connectivity index (χ2v) is 9.61. The molecule has 0 fully saturated rings. The van der Waals surface area contributed by atoms with Gasteiger partial charge in [-0.15, -0.1) is 0 Å². The molecule has 0 saturated carbocycles. The number of hydrogen-bond acceptors (Lipinski definition) is 3. The van der Waals surface area contributed by atoms with Crippen LogP contribution in [0.2, 0.25) is 0 Å². The fourth-order valence-corrected chi connectivity index (χ4v) is 5.23. The number of primary amides is 1. The van der Waals surface area contributed by atoms with E-state index in [1.807, 2.05) is 68.0 Å². The molecule has 4 aromatic rings. The predicted molar refractivity (Wildman–Crippen MR) is 147 cm³/mol. The molecule has 7 heteroatoms. The Hall–Kier alpha value is -4.00. The molecule has 2 heterocycles. The number of nitrogens with zero attached hydrogens (tertiary/aromatic N) is 3. The van der Waals surface area contributed by atoms with E-state index in [1.165, 1.54) is 0 Å². The van der Waals surface area contributed by atoms with Gasteiger partial charge < -0.3 is 15.4 Å². The highest BCUT2D eigenvalue weighted by Gasteiger charge is 2.30. The van der Waals surface area contributed by atoms with Gasteiger partial charge in [-0.3, -0.25) is 14.3 Å². The maximum Gasteiger partial charge on any atom is 0.279 e. The predicted octanol–water partition coefficient (Wildman–Crippen LogP) is 5.04. The minimum Gasteiger partial charge on any atom is -0.508 e. The SMILES string of the molecule is CCCCCc1c(-c2c(C)n(C)n(-c3ccccc3)c2=O)c(C(N)=O)c(C)n1CCc1ccc(O)cc1. The van der Waals surface area contributed by atoms with Crippen molar-refractivity contribution in [3.8, 4) is 22.6 Å². The third-order valence-corrected chi connectivity index (χ3v) is 7.26. The van der Waals surface area contributed by atoms with Crippen LogP contribution >= 0.6 is 0 Å². The molecule has 0 radical (unpaired) electrons. The molecule has 0 aliphatic rings. The minimum atomic E-state index is -0.526. The lowest BCUT2D eigenvalue weighted by molar-refractivity contribution is 0.1000. The van der Waals surface area contributed by atoms with Crippen LogP contribution in [0.15, 0.2) is 59.4 Å². The molecule has 0 spiro atoms. The molecule has 37 heavy (non-hydrogen) atoms. The summed E-state index contributed by atoms with van der Waals surface area (Å²) >= 11 is 0. The van der Waals surface area contributed by atoms with E-state index >= 15 is 0 Å². The molecule has 0 bridgehead atoms. The molecule has 194 valence electrons. The number of aryl methyl sites for hydroxylation is 1.